The van der Waals surface area contributed by atoms with Gasteiger partial charge in [0.2, 0.25) is 0 Å². The van der Waals surface area contributed by atoms with Crippen molar-refractivity contribution in [3.63, 3.8) is 0 Å². The Morgan fingerprint density at radius 3 is 2.92 bits per heavy atom. The van der Waals surface area contributed by atoms with E-state index in [9.17, 15) is 0 Å². The molecule has 13 heavy (non-hydrogen) atoms. The fourth-order valence-corrected chi connectivity index (χ4v) is 1.15. The average molecular weight is 201 g/mol. The summed E-state index contributed by atoms with van der Waals surface area (Å²) in [7, 11) is 1.68. The molecular formula is C9H13ClN2O. The molecule has 1 N–H and O–H groups in total. The van der Waals surface area contributed by atoms with Gasteiger partial charge in [-0.05, 0) is 19.1 Å². The maximum atomic E-state index is 5.65. The maximum absolute atomic E-state index is 5.65. The van der Waals surface area contributed by atoms with E-state index < -0.39 is 0 Å². The van der Waals surface area contributed by atoms with Crippen molar-refractivity contribution < 1.29 is 4.74 Å². The van der Waals surface area contributed by atoms with Gasteiger partial charge in [0.15, 0.2) is 0 Å². The van der Waals surface area contributed by atoms with Crippen molar-refractivity contribution in [3.05, 3.63) is 23.5 Å². The molecule has 0 aliphatic carbocycles. The van der Waals surface area contributed by atoms with Gasteiger partial charge in [-0.15, -0.1) is 0 Å². The van der Waals surface area contributed by atoms with Crippen molar-refractivity contribution >= 4 is 17.3 Å². The number of hydrogen-bond donors (Lipinski definition) is 1. The molecule has 0 aliphatic rings. The highest BCUT2D eigenvalue weighted by atomic mass is 35.5. The van der Waals surface area contributed by atoms with E-state index in [1.165, 1.54) is 0 Å². The highest BCUT2D eigenvalue weighted by molar-refractivity contribution is 6.29. The zero-order chi connectivity index (χ0) is 9.68. The number of halogens is 1. The molecule has 1 aromatic rings. The van der Waals surface area contributed by atoms with E-state index in [-0.39, 0.29) is 6.04 Å². The Labute approximate surface area is 83.1 Å². The Balaban J connectivity index is 2.49. The van der Waals surface area contributed by atoms with E-state index >= 15 is 0 Å². The van der Waals surface area contributed by atoms with Gasteiger partial charge < -0.3 is 10.1 Å². The lowest BCUT2D eigenvalue weighted by atomic mass is 10.3. The average Bonchev–Trinajstić information content (AvgIpc) is 2.09. The van der Waals surface area contributed by atoms with Crippen molar-refractivity contribution in [2.24, 2.45) is 0 Å². The fraction of sp³-hybridized carbons (Fsp3) is 0.444. The van der Waals surface area contributed by atoms with Gasteiger partial charge in [0.05, 0.1) is 18.5 Å². The van der Waals surface area contributed by atoms with Crippen molar-refractivity contribution in [2.75, 3.05) is 19.0 Å². The molecule has 0 bridgehead atoms. The molecule has 0 amide bonds. The number of rotatable bonds is 4. The Hall–Kier alpha value is -0.800. The molecule has 0 saturated carbocycles. The number of nitrogens with zero attached hydrogens (tertiary/aromatic N) is 1. The highest BCUT2D eigenvalue weighted by Gasteiger charge is 2.00. The lowest BCUT2D eigenvalue weighted by Gasteiger charge is -2.13. The highest BCUT2D eigenvalue weighted by Crippen LogP contribution is 2.10. The van der Waals surface area contributed by atoms with Gasteiger partial charge in [-0.25, -0.2) is 4.98 Å². The number of ether oxygens (including phenoxy) is 1. The molecule has 0 unspecified atom stereocenters. The molecule has 1 aromatic heterocycles. The molecule has 1 atom stereocenters. The number of aromatic nitrogens is 1. The topological polar surface area (TPSA) is 34.1 Å². The number of anilines is 1. The Kier molecular flexibility index (Phi) is 3.99. The van der Waals surface area contributed by atoms with Crippen molar-refractivity contribution in [1.29, 1.82) is 0 Å². The summed E-state index contributed by atoms with van der Waals surface area (Å²) in [5, 5.41) is 3.73. The Morgan fingerprint density at radius 2 is 2.38 bits per heavy atom. The van der Waals surface area contributed by atoms with Crippen LogP contribution in [0.5, 0.6) is 0 Å². The molecule has 72 valence electrons. The summed E-state index contributed by atoms with van der Waals surface area (Å²) in [5.41, 5.74) is 0.953. The first-order valence-electron chi connectivity index (χ1n) is 4.09. The van der Waals surface area contributed by atoms with Crippen LogP contribution >= 0.6 is 11.6 Å². The van der Waals surface area contributed by atoms with E-state index in [0.717, 1.165) is 5.69 Å². The second-order valence-electron chi connectivity index (χ2n) is 2.87. The molecule has 0 fully saturated rings. The zero-order valence-electron chi connectivity index (χ0n) is 7.75. The molecule has 0 radical (unpaired) electrons. The van der Waals surface area contributed by atoms with Crippen LogP contribution in [0.15, 0.2) is 18.3 Å². The predicted octanol–water partition coefficient (Wildman–Crippen LogP) is 2.18. The first-order chi connectivity index (χ1) is 6.22. The van der Waals surface area contributed by atoms with Crippen LogP contribution in [-0.4, -0.2) is 24.7 Å². The smallest absolute Gasteiger partial charge is 0.129 e. The largest absolute Gasteiger partial charge is 0.383 e. The predicted molar refractivity (Wildman–Crippen MR) is 54.2 cm³/mol. The lowest BCUT2D eigenvalue weighted by Crippen LogP contribution is -2.20. The van der Waals surface area contributed by atoms with Gasteiger partial charge in [0, 0.05) is 13.2 Å². The van der Waals surface area contributed by atoms with Crippen LogP contribution in [0.4, 0.5) is 5.69 Å². The Morgan fingerprint density at radius 1 is 1.62 bits per heavy atom. The van der Waals surface area contributed by atoms with Crippen molar-refractivity contribution in [1.82, 2.24) is 4.98 Å². The molecule has 1 rings (SSSR count). The summed E-state index contributed by atoms with van der Waals surface area (Å²) in [6.07, 6.45) is 1.70. The second kappa shape index (κ2) is 5.04. The molecule has 0 saturated heterocycles. The van der Waals surface area contributed by atoms with E-state index in [4.69, 9.17) is 16.3 Å². The van der Waals surface area contributed by atoms with Gasteiger partial charge in [-0.1, -0.05) is 11.6 Å². The van der Waals surface area contributed by atoms with Gasteiger partial charge in [0.25, 0.3) is 0 Å². The van der Waals surface area contributed by atoms with Gasteiger partial charge in [-0.2, -0.15) is 0 Å². The minimum absolute atomic E-state index is 0.271. The minimum atomic E-state index is 0.271. The minimum Gasteiger partial charge on any atom is -0.383 e. The van der Waals surface area contributed by atoms with Gasteiger partial charge >= 0.3 is 0 Å². The van der Waals surface area contributed by atoms with E-state index in [1.54, 1.807) is 19.4 Å². The summed E-state index contributed by atoms with van der Waals surface area (Å²) in [6, 6.07) is 3.92. The van der Waals surface area contributed by atoms with E-state index in [2.05, 4.69) is 10.3 Å². The lowest BCUT2D eigenvalue weighted by molar-refractivity contribution is 0.190. The van der Waals surface area contributed by atoms with Crippen LogP contribution in [0.3, 0.4) is 0 Å². The molecule has 0 spiro atoms. The molecule has 3 nitrogen and oxygen atoms in total. The van der Waals surface area contributed by atoms with Crippen LogP contribution in [-0.2, 0) is 4.74 Å². The molecular weight excluding hydrogens is 188 g/mol. The molecule has 0 aliphatic heterocycles. The standard InChI is InChI=1S/C9H13ClN2O/c1-7(6-13-2)12-8-3-4-9(10)11-5-8/h3-5,7,12H,6H2,1-2H3/t7-/m0/s1. The van der Waals surface area contributed by atoms with Crippen molar-refractivity contribution in [2.45, 2.75) is 13.0 Å². The quantitative estimate of drug-likeness (QED) is 0.757. The molecule has 0 aromatic carbocycles. The number of pyridine rings is 1. The van der Waals surface area contributed by atoms with Gasteiger partial charge in [-0.3, -0.25) is 0 Å². The third-order valence-corrected chi connectivity index (χ3v) is 1.78. The summed E-state index contributed by atoms with van der Waals surface area (Å²) in [4.78, 5) is 3.95. The first kappa shape index (κ1) is 10.3. The SMILES string of the molecule is COC[C@H](C)Nc1ccc(Cl)nc1. The summed E-state index contributed by atoms with van der Waals surface area (Å²) in [6.45, 7) is 2.71. The monoisotopic (exact) mass is 200 g/mol. The van der Waals surface area contributed by atoms with E-state index in [1.807, 2.05) is 13.0 Å². The Bertz CT molecular complexity index is 250. The number of nitrogens with one attached hydrogen (secondary N) is 1. The van der Waals surface area contributed by atoms with Gasteiger partial charge in [0.1, 0.15) is 5.15 Å². The van der Waals surface area contributed by atoms with Crippen LogP contribution in [0.25, 0.3) is 0 Å². The first-order valence-corrected chi connectivity index (χ1v) is 4.47. The van der Waals surface area contributed by atoms with Crippen LogP contribution in [0, 0.1) is 0 Å². The van der Waals surface area contributed by atoms with Crippen LogP contribution in [0.2, 0.25) is 5.15 Å². The third kappa shape index (κ3) is 3.61. The van der Waals surface area contributed by atoms with Crippen LogP contribution in [0.1, 0.15) is 6.92 Å². The second-order valence-corrected chi connectivity index (χ2v) is 3.26. The summed E-state index contributed by atoms with van der Waals surface area (Å²) < 4.78 is 4.99. The third-order valence-electron chi connectivity index (χ3n) is 1.56. The van der Waals surface area contributed by atoms with Crippen LogP contribution < -0.4 is 5.32 Å². The van der Waals surface area contributed by atoms with Crippen molar-refractivity contribution in [3.8, 4) is 0 Å². The molecule has 4 heteroatoms. The number of hydrogen-bond acceptors (Lipinski definition) is 3. The molecule has 1 heterocycles. The summed E-state index contributed by atoms with van der Waals surface area (Å²) >= 11 is 5.65. The zero-order valence-corrected chi connectivity index (χ0v) is 8.51. The van der Waals surface area contributed by atoms with E-state index in [0.29, 0.717) is 11.8 Å². The summed E-state index contributed by atoms with van der Waals surface area (Å²) in [5.74, 6) is 0. The fourth-order valence-electron chi connectivity index (χ4n) is 1.04. The number of methoxy groups -OCH3 is 1. The maximum Gasteiger partial charge on any atom is 0.129 e. The normalized spacial score (nSPS) is 12.5.